The van der Waals surface area contributed by atoms with Crippen molar-refractivity contribution >= 4 is 5.78 Å². The standard InChI is InChI=1S/C15H18O/c1-3-5-6-13-10-12-8-7-11(4-2)9-14(12)15(13)16/h3,5,7-9,13H,4,6,10H2,1-2H3/b5-3+. The van der Waals surface area contributed by atoms with Crippen LogP contribution in [0, 0.1) is 5.92 Å². The molecule has 1 unspecified atom stereocenters. The Balaban J connectivity index is 2.24. The van der Waals surface area contributed by atoms with Crippen LogP contribution in [0.15, 0.2) is 30.4 Å². The van der Waals surface area contributed by atoms with Gasteiger partial charge in [0, 0.05) is 11.5 Å². The lowest BCUT2D eigenvalue weighted by molar-refractivity contribution is 0.0938. The minimum Gasteiger partial charge on any atom is -0.294 e. The number of hydrogen-bond acceptors (Lipinski definition) is 1. The molecule has 0 radical (unpaired) electrons. The summed E-state index contributed by atoms with van der Waals surface area (Å²) in [5, 5.41) is 0. The van der Waals surface area contributed by atoms with Gasteiger partial charge in [-0.05, 0) is 43.4 Å². The average Bonchev–Trinajstić information content (AvgIpc) is 2.63. The lowest BCUT2D eigenvalue weighted by atomic mass is 10.0. The van der Waals surface area contributed by atoms with E-state index in [0.29, 0.717) is 5.78 Å². The van der Waals surface area contributed by atoms with E-state index < -0.39 is 0 Å². The Morgan fingerprint density at radius 2 is 2.25 bits per heavy atom. The first kappa shape index (κ1) is 11.1. The normalized spacial score (nSPS) is 19.4. The smallest absolute Gasteiger partial charge is 0.166 e. The van der Waals surface area contributed by atoms with Crippen molar-refractivity contribution in [2.24, 2.45) is 5.92 Å². The summed E-state index contributed by atoms with van der Waals surface area (Å²) in [6.07, 6.45) is 6.91. The van der Waals surface area contributed by atoms with E-state index in [4.69, 9.17) is 0 Å². The van der Waals surface area contributed by atoms with Crippen LogP contribution in [0.3, 0.4) is 0 Å². The number of fused-ring (bicyclic) bond motifs is 1. The highest BCUT2D eigenvalue weighted by Crippen LogP contribution is 2.30. The van der Waals surface area contributed by atoms with Crippen LogP contribution in [-0.2, 0) is 12.8 Å². The molecule has 0 bridgehead atoms. The molecule has 1 aromatic rings. The molecule has 0 fully saturated rings. The molecule has 84 valence electrons. The average molecular weight is 214 g/mol. The Morgan fingerprint density at radius 3 is 2.94 bits per heavy atom. The molecule has 1 aliphatic carbocycles. The predicted molar refractivity (Wildman–Crippen MR) is 66.8 cm³/mol. The second kappa shape index (κ2) is 4.65. The Kier molecular flexibility index (Phi) is 3.23. The Morgan fingerprint density at radius 1 is 1.44 bits per heavy atom. The van der Waals surface area contributed by atoms with Crippen molar-refractivity contribution in [3.8, 4) is 0 Å². The largest absolute Gasteiger partial charge is 0.294 e. The maximum absolute atomic E-state index is 12.1. The highest BCUT2D eigenvalue weighted by Gasteiger charge is 2.29. The number of Topliss-reactive ketones (excluding diaryl/α,β-unsaturated/α-hetero) is 1. The van der Waals surface area contributed by atoms with E-state index in [2.05, 4.69) is 31.2 Å². The van der Waals surface area contributed by atoms with E-state index in [-0.39, 0.29) is 5.92 Å². The summed E-state index contributed by atoms with van der Waals surface area (Å²) in [7, 11) is 0. The number of ketones is 1. The van der Waals surface area contributed by atoms with Gasteiger partial charge in [-0.1, -0.05) is 31.2 Å². The number of carbonyl (C=O) groups excluding carboxylic acids is 1. The van der Waals surface area contributed by atoms with Crippen molar-refractivity contribution in [2.45, 2.75) is 33.1 Å². The number of benzene rings is 1. The zero-order chi connectivity index (χ0) is 11.5. The van der Waals surface area contributed by atoms with Crippen LogP contribution in [0.2, 0.25) is 0 Å². The first-order chi connectivity index (χ1) is 7.76. The topological polar surface area (TPSA) is 17.1 Å². The van der Waals surface area contributed by atoms with Gasteiger partial charge in [-0.25, -0.2) is 0 Å². The molecule has 16 heavy (non-hydrogen) atoms. The van der Waals surface area contributed by atoms with Gasteiger partial charge in [-0.2, -0.15) is 0 Å². The second-order valence-electron chi connectivity index (χ2n) is 4.42. The lowest BCUT2D eigenvalue weighted by Crippen LogP contribution is -2.07. The van der Waals surface area contributed by atoms with Crippen molar-refractivity contribution < 1.29 is 4.79 Å². The maximum atomic E-state index is 12.1. The van der Waals surface area contributed by atoms with Crippen molar-refractivity contribution in [3.05, 3.63) is 47.0 Å². The van der Waals surface area contributed by atoms with E-state index in [1.807, 2.05) is 13.0 Å². The van der Waals surface area contributed by atoms with Crippen LogP contribution in [0.1, 0.15) is 41.8 Å². The molecule has 1 aromatic carbocycles. The highest BCUT2D eigenvalue weighted by atomic mass is 16.1. The van der Waals surface area contributed by atoms with E-state index in [9.17, 15) is 4.79 Å². The fourth-order valence-electron chi connectivity index (χ4n) is 2.32. The van der Waals surface area contributed by atoms with Crippen molar-refractivity contribution in [2.75, 3.05) is 0 Å². The molecular formula is C15H18O. The zero-order valence-corrected chi connectivity index (χ0v) is 9.99. The number of carbonyl (C=O) groups is 1. The van der Waals surface area contributed by atoms with Gasteiger partial charge in [0.1, 0.15) is 0 Å². The van der Waals surface area contributed by atoms with Gasteiger partial charge in [-0.3, -0.25) is 4.79 Å². The van der Waals surface area contributed by atoms with Crippen LogP contribution >= 0.6 is 0 Å². The second-order valence-corrected chi connectivity index (χ2v) is 4.42. The quantitative estimate of drug-likeness (QED) is 0.703. The Bertz CT molecular complexity index is 429. The summed E-state index contributed by atoms with van der Waals surface area (Å²) in [5.74, 6) is 0.515. The molecule has 0 aliphatic heterocycles. The first-order valence-electron chi connectivity index (χ1n) is 6.03. The van der Waals surface area contributed by atoms with Crippen LogP contribution in [0.4, 0.5) is 0 Å². The van der Waals surface area contributed by atoms with E-state index in [1.165, 1.54) is 11.1 Å². The molecule has 0 saturated heterocycles. The number of aryl methyl sites for hydroxylation is 1. The van der Waals surface area contributed by atoms with Gasteiger partial charge in [0.15, 0.2) is 5.78 Å². The molecule has 0 heterocycles. The minimum atomic E-state index is 0.179. The summed E-state index contributed by atoms with van der Waals surface area (Å²) >= 11 is 0. The summed E-state index contributed by atoms with van der Waals surface area (Å²) < 4.78 is 0. The van der Waals surface area contributed by atoms with Crippen LogP contribution in [0.25, 0.3) is 0 Å². The van der Waals surface area contributed by atoms with Gasteiger partial charge in [-0.15, -0.1) is 0 Å². The molecular weight excluding hydrogens is 196 g/mol. The third-order valence-electron chi connectivity index (χ3n) is 3.34. The molecule has 1 heteroatoms. The number of hydrogen-bond donors (Lipinski definition) is 0. The first-order valence-corrected chi connectivity index (χ1v) is 6.03. The zero-order valence-electron chi connectivity index (χ0n) is 9.99. The van der Waals surface area contributed by atoms with Gasteiger partial charge < -0.3 is 0 Å². The van der Waals surface area contributed by atoms with E-state index in [0.717, 1.165) is 24.8 Å². The van der Waals surface area contributed by atoms with Crippen molar-refractivity contribution in [1.29, 1.82) is 0 Å². The minimum absolute atomic E-state index is 0.179. The monoisotopic (exact) mass is 214 g/mol. The summed E-state index contributed by atoms with van der Waals surface area (Å²) in [4.78, 5) is 12.1. The maximum Gasteiger partial charge on any atom is 0.166 e. The number of rotatable bonds is 3. The highest BCUT2D eigenvalue weighted by molar-refractivity contribution is 6.02. The van der Waals surface area contributed by atoms with Gasteiger partial charge >= 0.3 is 0 Å². The molecule has 1 nitrogen and oxygen atoms in total. The fourth-order valence-corrected chi connectivity index (χ4v) is 2.32. The third-order valence-corrected chi connectivity index (χ3v) is 3.34. The van der Waals surface area contributed by atoms with Gasteiger partial charge in [0.25, 0.3) is 0 Å². The molecule has 0 amide bonds. The van der Waals surface area contributed by atoms with Crippen LogP contribution < -0.4 is 0 Å². The summed E-state index contributed by atoms with van der Waals surface area (Å²) in [6.45, 7) is 4.13. The molecule has 0 aromatic heterocycles. The molecule has 0 saturated carbocycles. The lowest BCUT2D eigenvalue weighted by Gasteiger charge is -2.02. The van der Waals surface area contributed by atoms with Crippen LogP contribution in [-0.4, -0.2) is 5.78 Å². The summed E-state index contributed by atoms with van der Waals surface area (Å²) in [5.41, 5.74) is 3.46. The van der Waals surface area contributed by atoms with Crippen LogP contribution in [0.5, 0.6) is 0 Å². The van der Waals surface area contributed by atoms with Gasteiger partial charge in [0.05, 0.1) is 0 Å². The van der Waals surface area contributed by atoms with E-state index in [1.54, 1.807) is 0 Å². The molecule has 1 aliphatic rings. The molecule has 0 N–H and O–H groups in total. The third kappa shape index (κ3) is 1.95. The summed E-state index contributed by atoms with van der Waals surface area (Å²) in [6, 6.07) is 6.35. The van der Waals surface area contributed by atoms with Crippen molar-refractivity contribution in [1.82, 2.24) is 0 Å². The predicted octanol–water partition coefficient (Wildman–Crippen LogP) is 3.57. The van der Waals surface area contributed by atoms with Gasteiger partial charge in [0.2, 0.25) is 0 Å². The SMILES string of the molecule is C/C=C/CC1Cc2ccc(CC)cc2C1=O. The molecule has 2 rings (SSSR count). The van der Waals surface area contributed by atoms with Crippen molar-refractivity contribution in [3.63, 3.8) is 0 Å². The Hall–Kier alpha value is -1.37. The Labute approximate surface area is 97.2 Å². The molecule has 0 spiro atoms. The molecule has 1 atom stereocenters. The fraction of sp³-hybridized carbons (Fsp3) is 0.400. The van der Waals surface area contributed by atoms with E-state index >= 15 is 0 Å². The number of allylic oxidation sites excluding steroid dienone is 2.